The molecule has 21 heavy (non-hydrogen) atoms. The molecule has 0 saturated carbocycles. The van der Waals surface area contributed by atoms with Gasteiger partial charge < -0.3 is 24.6 Å². The highest BCUT2D eigenvalue weighted by Crippen LogP contribution is 2.45. The second-order valence-electron chi connectivity index (χ2n) is 7.24. The van der Waals surface area contributed by atoms with Crippen LogP contribution < -0.4 is 0 Å². The fourth-order valence-electron chi connectivity index (χ4n) is 3.16. The molecule has 2 heterocycles. The van der Waals surface area contributed by atoms with Gasteiger partial charge in [-0.1, -0.05) is 0 Å². The molecule has 2 saturated heterocycles. The summed E-state index contributed by atoms with van der Waals surface area (Å²) >= 11 is 0. The summed E-state index contributed by atoms with van der Waals surface area (Å²) in [4.78, 5) is 13.7. The fourth-order valence-corrected chi connectivity index (χ4v) is 3.16. The van der Waals surface area contributed by atoms with Crippen LogP contribution in [0, 0.1) is 5.41 Å². The van der Waals surface area contributed by atoms with E-state index in [-0.39, 0.29) is 12.7 Å². The van der Waals surface area contributed by atoms with E-state index in [9.17, 15) is 15.0 Å². The topological polar surface area (TPSA) is 79.2 Å². The second kappa shape index (κ2) is 5.74. The van der Waals surface area contributed by atoms with Gasteiger partial charge in [-0.2, -0.15) is 0 Å². The molecular weight excluding hydrogens is 274 g/mol. The van der Waals surface area contributed by atoms with E-state index in [0.29, 0.717) is 45.6 Å². The zero-order valence-corrected chi connectivity index (χ0v) is 13.2. The predicted molar refractivity (Wildman–Crippen MR) is 76.9 cm³/mol. The van der Waals surface area contributed by atoms with E-state index in [2.05, 4.69) is 0 Å². The predicted octanol–water partition coefficient (Wildman–Crippen LogP) is 1.15. The number of aliphatic hydroxyl groups excluding tert-OH is 1. The van der Waals surface area contributed by atoms with Gasteiger partial charge in [0, 0.05) is 25.1 Å². The zero-order chi connectivity index (χ0) is 15.7. The molecule has 122 valence electrons. The van der Waals surface area contributed by atoms with Crippen LogP contribution in [0.3, 0.4) is 0 Å². The van der Waals surface area contributed by atoms with Gasteiger partial charge in [-0.15, -0.1) is 0 Å². The van der Waals surface area contributed by atoms with Crippen molar-refractivity contribution in [2.24, 2.45) is 5.41 Å². The third-order valence-electron chi connectivity index (χ3n) is 4.64. The van der Waals surface area contributed by atoms with Crippen molar-refractivity contribution in [2.75, 3.05) is 32.9 Å². The molecule has 0 aliphatic carbocycles. The lowest BCUT2D eigenvalue weighted by Gasteiger charge is -2.47. The molecule has 2 aliphatic heterocycles. The molecular formula is C15H27NO5. The SMILES string of the molecule is CC(C)(C)OC(=O)N1CCC(O)(C2(CO)CCOC2)CC1. The van der Waals surface area contributed by atoms with E-state index in [1.165, 1.54) is 0 Å². The minimum absolute atomic E-state index is 0.0874. The second-order valence-corrected chi connectivity index (χ2v) is 7.24. The molecule has 1 unspecified atom stereocenters. The van der Waals surface area contributed by atoms with E-state index in [4.69, 9.17) is 9.47 Å². The van der Waals surface area contributed by atoms with Crippen LogP contribution in [-0.2, 0) is 9.47 Å². The molecule has 2 fully saturated rings. The number of rotatable bonds is 2. The monoisotopic (exact) mass is 301 g/mol. The number of carbonyl (C=O) groups is 1. The van der Waals surface area contributed by atoms with Crippen molar-refractivity contribution in [3.63, 3.8) is 0 Å². The molecule has 0 radical (unpaired) electrons. The Morgan fingerprint density at radius 1 is 1.29 bits per heavy atom. The van der Waals surface area contributed by atoms with Gasteiger partial charge in [-0.25, -0.2) is 4.79 Å². The van der Waals surface area contributed by atoms with Crippen LogP contribution in [0.25, 0.3) is 0 Å². The van der Waals surface area contributed by atoms with Gasteiger partial charge in [-0.3, -0.25) is 0 Å². The molecule has 0 spiro atoms. The maximum absolute atomic E-state index is 12.0. The summed E-state index contributed by atoms with van der Waals surface area (Å²) in [5.74, 6) is 0. The Hall–Kier alpha value is -0.850. The molecule has 6 heteroatoms. The van der Waals surface area contributed by atoms with E-state index < -0.39 is 16.6 Å². The Labute approximate surface area is 126 Å². The molecule has 1 amide bonds. The maximum Gasteiger partial charge on any atom is 0.410 e. The number of hydrogen-bond donors (Lipinski definition) is 2. The lowest BCUT2D eigenvalue weighted by Crippen LogP contribution is -2.58. The summed E-state index contributed by atoms with van der Waals surface area (Å²) in [5, 5.41) is 20.7. The standard InChI is InChI=1S/C15H27NO5/c1-13(2,3)21-12(18)16-7-4-15(19,5-8-16)14(10-17)6-9-20-11-14/h17,19H,4-11H2,1-3H3. The molecule has 0 aromatic carbocycles. The lowest BCUT2D eigenvalue weighted by atomic mass is 9.67. The first-order chi connectivity index (χ1) is 9.71. The average Bonchev–Trinajstić information content (AvgIpc) is 2.88. The van der Waals surface area contributed by atoms with Crippen molar-refractivity contribution in [3.05, 3.63) is 0 Å². The molecule has 0 aromatic rings. The van der Waals surface area contributed by atoms with Crippen LogP contribution in [0.1, 0.15) is 40.0 Å². The summed E-state index contributed by atoms with van der Waals surface area (Å²) in [6.45, 7) is 7.24. The van der Waals surface area contributed by atoms with Crippen LogP contribution >= 0.6 is 0 Å². The summed E-state index contributed by atoms with van der Waals surface area (Å²) < 4.78 is 10.7. The number of hydrogen-bond acceptors (Lipinski definition) is 5. The summed E-state index contributed by atoms with van der Waals surface area (Å²) in [6, 6.07) is 0. The number of nitrogens with zero attached hydrogens (tertiary/aromatic N) is 1. The minimum atomic E-state index is -0.975. The highest BCUT2D eigenvalue weighted by atomic mass is 16.6. The number of aliphatic hydroxyl groups is 2. The number of carbonyl (C=O) groups excluding carboxylic acids is 1. The van der Waals surface area contributed by atoms with Gasteiger partial charge in [0.05, 0.1) is 18.8 Å². The molecule has 2 N–H and O–H groups in total. The molecule has 2 aliphatic rings. The quantitative estimate of drug-likeness (QED) is 0.800. The summed E-state index contributed by atoms with van der Waals surface area (Å²) in [6.07, 6.45) is 1.20. The minimum Gasteiger partial charge on any atom is -0.444 e. The largest absolute Gasteiger partial charge is 0.444 e. The first-order valence-corrected chi connectivity index (χ1v) is 7.60. The first kappa shape index (κ1) is 16.5. The average molecular weight is 301 g/mol. The Kier molecular flexibility index (Phi) is 4.52. The molecule has 0 bridgehead atoms. The summed E-state index contributed by atoms with van der Waals surface area (Å²) in [7, 11) is 0. The molecule has 0 aromatic heterocycles. The number of likely N-dealkylation sites (tertiary alicyclic amines) is 1. The fraction of sp³-hybridized carbons (Fsp3) is 0.933. The Bertz CT molecular complexity index is 376. The van der Waals surface area contributed by atoms with Gasteiger partial charge >= 0.3 is 6.09 Å². The third kappa shape index (κ3) is 3.33. The van der Waals surface area contributed by atoms with Crippen LogP contribution in [0.15, 0.2) is 0 Å². The van der Waals surface area contributed by atoms with E-state index in [1.807, 2.05) is 20.8 Å². The highest BCUT2D eigenvalue weighted by Gasteiger charge is 2.53. The van der Waals surface area contributed by atoms with Gasteiger partial charge in [0.2, 0.25) is 0 Å². The molecule has 2 rings (SSSR count). The highest BCUT2D eigenvalue weighted by molar-refractivity contribution is 5.68. The summed E-state index contributed by atoms with van der Waals surface area (Å²) in [5.41, 5.74) is -2.08. The first-order valence-electron chi connectivity index (χ1n) is 7.60. The molecule has 1 atom stereocenters. The van der Waals surface area contributed by atoms with Crippen molar-refractivity contribution in [1.29, 1.82) is 0 Å². The van der Waals surface area contributed by atoms with Gasteiger partial charge in [0.25, 0.3) is 0 Å². The van der Waals surface area contributed by atoms with E-state index in [0.717, 1.165) is 0 Å². The zero-order valence-electron chi connectivity index (χ0n) is 13.2. The normalized spacial score (nSPS) is 29.5. The van der Waals surface area contributed by atoms with Crippen molar-refractivity contribution < 1.29 is 24.5 Å². The van der Waals surface area contributed by atoms with Crippen LogP contribution in [0.5, 0.6) is 0 Å². The number of piperidine rings is 1. The van der Waals surface area contributed by atoms with Crippen LogP contribution in [0.2, 0.25) is 0 Å². The maximum atomic E-state index is 12.0. The molecule has 6 nitrogen and oxygen atoms in total. The lowest BCUT2D eigenvalue weighted by molar-refractivity contribution is -0.139. The van der Waals surface area contributed by atoms with Crippen molar-refractivity contribution in [1.82, 2.24) is 4.90 Å². The third-order valence-corrected chi connectivity index (χ3v) is 4.64. The van der Waals surface area contributed by atoms with Crippen molar-refractivity contribution in [2.45, 2.75) is 51.2 Å². The van der Waals surface area contributed by atoms with Gasteiger partial charge in [0.1, 0.15) is 5.60 Å². The Balaban J connectivity index is 1.97. The number of amides is 1. The van der Waals surface area contributed by atoms with Crippen molar-refractivity contribution in [3.8, 4) is 0 Å². The number of ether oxygens (including phenoxy) is 2. The van der Waals surface area contributed by atoms with E-state index in [1.54, 1.807) is 4.90 Å². The van der Waals surface area contributed by atoms with Crippen molar-refractivity contribution >= 4 is 6.09 Å². The smallest absolute Gasteiger partial charge is 0.410 e. The van der Waals surface area contributed by atoms with E-state index >= 15 is 0 Å². The van der Waals surface area contributed by atoms with Gasteiger partial charge in [0.15, 0.2) is 0 Å². The van der Waals surface area contributed by atoms with Crippen LogP contribution in [-0.4, -0.2) is 65.3 Å². The van der Waals surface area contributed by atoms with Crippen LogP contribution in [0.4, 0.5) is 4.79 Å². The Morgan fingerprint density at radius 3 is 2.33 bits per heavy atom. The Morgan fingerprint density at radius 2 is 1.90 bits per heavy atom. The van der Waals surface area contributed by atoms with Gasteiger partial charge in [-0.05, 0) is 40.0 Å².